The Balaban J connectivity index is 2.02. The molecule has 3 nitrogen and oxygen atoms in total. The van der Waals surface area contributed by atoms with Gasteiger partial charge in [-0.3, -0.25) is 0 Å². The van der Waals surface area contributed by atoms with Crippen LogP contribution in [0.25, 0.3) is 6.08 Å². The molecular formula is C17H18O3. The molecule has 104 valence electrons. The van der Waals surface area contributed by atoms with E-state index < -0.39 is 0 Å². The number of allylic oxidation sites excluding steroid dienone is 1. The maximum absolute atomic E-state index is 9.49. The summed E-state index contributed by atoms with van der Waals surface area (Å²) >= 11 is 0. The van der Waals surface area contributed by atoms with Gasteiger partial charge in [-0.25, -0.2) is 0 Å². The van der Waals surface area contributed by atoms with Crippen LogP contribution in [0.2, 0.25) is 0 Å². The van der Waals surface area contributed by atoms with E-state index in [1.807, 2.05) is 36.4 Å². The van der Waals surface area contributed by atoms with Crippen molar-refractivity contribution >= 4 is 6.08 Å². The summed E-state index contributed by atoms with van der Waals surface area (Å²) < 4.78 is 5.11. The summed E-state index contributed by atoms with van der Waals surface area (Å²) in [7, 11) is 1.65. The lowest BCUT2D eigenvalue weighted by molar-refractivity contribution is 0.275. The Bertz CT molecular complexity index is 586. The van der Waals surface area contributed by atoms with E-state index in [4.69, 9.17) is 9.84 Å². The molecule has 0 aromatic heterocycles. The zero-order valence-electron chi connectivity index (χ0n) is 11.4. The lowest BCUT2D eigenvalue weighted by atomic mass is 10.1. The first-order valence-electron chi connectivity index (χ1n) is 6.45. The minimum absolute atomic E-state index is 0.125. The largest absolute Gasteiger partial charge is 0.508 e. The molecule has 0 saturated carbocycles. The third kappa shape index (κ3) is 3.62. The second-order valence-electron chi connectivity index (χ2n) is 4.50. The van der Waals surface area contributed by atoms with E-state index in [2.05, 4.69) is 6.08 Å². The van der Waals surface area contributed by atoms with Gasteiger partial charge in [-0.05, 0) is 41.8 Å². The topological polar surface area (TPSA) is 49.7 Å². The van der Waals surface area contributed by atoms with Crippen LogP contribution in [0.1, 0.15) is 16.7 Å². The van der Waals surface area contributed by atoms with E-state index in [9.17, 15) is 5.11 Å². The highest BCUT2D eigenvalue weighted by Crippen LogP contribution is 2.19. The molecule has 2 aromatic rings. The molecule has 0 spiro atoms. The molecule has 0 aliphatic carbocycles. The van der Waals surface area contributed by atoms with Gasteiger partial charge in [-0.15, -0.1) is 0 Å². The predicted octanol–water partition coefficient (Wildman–Crippen LogP) is 3.15. The van der Waals surface area contributed by atoms with Gasteiger partial charge < -0.3 is 14.9 Å². The number of phenols is 1. The van der Waals surface area contributed by atoms with E-state index >= 15 is 0 Å². The third-order valence-corrected chi connectivity index (χ3v) is 3.10. The Morgan fingerprint density at radius 2 is 1.85 bits per heavy atom. The van der Waals surface area contributed by atoms with E-state index in [1.54, 1.807) is 19.2 Å². The summed E-state index contributed by atoms with van der Waals surface area (Å²) in [5.41, 5.74) is 2.69. The number of methoxy groups -OCH3 is 1. The molecule has 0 radical (unpaired) electrons. The fourth-order valence-corrected chi connectivity index (χ4v) is 1.93. The molecule has 0 unspecified atom stereocenters. The van der Waals surface area contributed by atoms with Gasteiger partial charge in [-0.1, -0.05) is 30.4 Å². The summed E-state index contributed by atoms with van der Waals surface area (Å²) in [6, 6.07) is 13.1. The quantitative estimate of drug-likeness (QED) is 0.877. The minimum atomic E-state index is -0.161. The molecule has 0 saturated heterocycles. The molecule has 0 bridgehead atoms. The molecule has 3 heteroatoms. The van der Waals surface area contributed by atoms with Crippen LogP contribution >= 0.6 is 0 Å². The van der Waals surface area contributed by atoms with Crippen LogP contribution in [-0.2, 0) is 13.0 Å². The smallest absolute Gasteiger partial charge is 0.121 e. The first-order chi connectivity index (χ1) is 9.72. The zero-order chi connectivity index (χ0) is 14.4. The van der Waals surface area contributed by atoms with Gasteiger partial charge in [0, 0.05) is 5.56 Å². The first-order valence-corrected chi connectivity index (χ1v) is 6.45. The van der Waals surface area contributed by atoms with Crippen LogP contribution in [0, 0.1) is 0 Å². The van der Waals surface area contributed by atoms with Crippen LogP contribution in [-0.4, -0.2) is 17.3 Å². The second kappa shape index (κ2) is 6.78. The average molecular weight is 270 g/mol. The second-order valence-corrected chi connectivity index (χ2v) is 4.50. The van der Waals surface area contributed by atoms with E-state index in [-0.39, 0.29) is 12.4 Å². The molecule has 2 rings (SSSR count). The highest BCUT2D eigenvalue weighted by atomic mass is 16.5. The lowest BCUT2D eigenvalue weighted by Crippen LogP contribution is -1.86. The van der Waals surface area contributed by atoms with Crippen molar-refractivity contribution in [2.45, 2.75) is 13.0 Å². The zero-order valence-corrected chi connectivity index (χ0v) is 11.4. The lowest BCUT2D eigenvalue weighted by Gasteiger charge is -2.02. The van der Waals surface area contributed by atoms with E-state index in [1.165, 1.54) is 5.56 Å². The number of ether oxygens (including phenoxy) is 1. The van der Waals surface area contributed by atoms with Gasteiger partial charge in [0.1, 0.15) is 11.5 Å². The number of aromatic hydroxyl groups is 1. The van der Waals surface area contributed by atoms with Gasteiger partial charge in [0.05, 0.1) is 13.7 Å². The third-order valence-electron chi connectivity index (χ3n) is 3.10. The average Bonchev–Trinajstić information content (AvgIpc) is 2.49. The molecular weight excluding hydrogens is 252 g/mol. The van der Waals surface area contributed by atoms with Crippen molar-refractivity contribution in [1.82, 2.24) is 0 Å². The highest BCUT2D eigenvalue weighted by molar-refractivity contribution is 5.53. The summed E-state index contributed by atoms with van der Waals surface area (Å²) in [4.78, 5) is 0. The Morgan fingerprint density at radius 1 is 1.10 bits per heavy atom. The molecule has 2 N–H and O–H groups in total. The number of hydrogen-bond acceptors (Lipinski definition) is 3. The van der Waals surface area contributed by atoms with Gasteiger partial charge in [0.15, 0.2) is 0 Å². The normalized spacial score (nSPS) is 10.9. The van der Waals surface area contributed by atoms with Crippen molar-refractivity contribution in [3.05, 3.63) is 65.2 Å². The van der Waals surface area contributed by atoms with Crippen molar-refractivity contribution in [3.63, 3.8) is 0 Å². The van der Waals surface area contributed by atoms with Crippen molar-refractivity contribution in [3.8, 4) is 11.5 Å². The summed E-state index contributed by atoms with van der Waals surface area (Å²) in [5, 5.41) is 18.6. The van der Waals surface area contributed by atoms with Crippen LogP contribution in [0.15, 0.2) is 48.5 Å². The molecule has 0 aliphatic heterocycles. The predicted molar refractivity (Wildman–Crippen MR) is 79.8 cm³/mol. The minimum Gasteiger partial charge on any atom is -0.508 e. The number of hydrogen-bond donors (Lipinski definition) is 2. The van der Waals surface area contributed by atoms with E-state index in [0.717, 1.165) is 17.7 Å². The van der Waals surface area contributed by atoms with Gasteiger partial charge in [0.25, 0.3) is 0 Å². The standard InChI is InChI=1S/C17H18O3/c1-20-16-8-5-13(6-9-16)3-2-4-14-7-10-17(19)15(11-14)12-18/h2,4-11,18-19H,3,12H2,1H3/b4-2+. The Labute approximate surface area is 118 Å². The Morgan fingerprint density at radius 3 is 2.50 bits per heavy atom. The molecule has 0 heterocycles. The summed E-state index contributed by atoms with van der Waals surface area (Å²) in [6.45, 7) is -0.161. The number of aliphatic hydroxyl groups is 1. The first kappa shape index (κ1) is 14.2. The van der Waals surface area contributed by atoms with Gasteiger partial charge >= 0.3 is 0 Å². The Hall–Kier alpha value is -2.26. The van der Waals surface area contributed by atoms with Crippen LogP contribution < -0.4 is 4.74 Å². The van der Waals surface area contributed by atoms with Crippen molar-refractivity contribution < 1.29 is 14.9 Å². The fourth-order valence-electron chi connectivity index (χ4n) is 1.93. The molecule has 0 amide bonds. The Kier molecular flexibility index (Phi) is 4.80. The monoisotopic (exact) mass is 270 g/mol. The SMILES string of the molecule is COc1ccc(C/C=C/c2ccc(O)c(CO)c2)cc1. The number of benzene rings is 2. The van der Waals surface area contributed by atoms with Crippen LogP contribution in [0.5, 0.6) is 11.5 Å². The van der Waals surface area contributed by atoms with Crippen LogP contribution in [0.4, 0.5) is 0 Å². The molecule has 2 aromatic carbocycles. The molecule has 0 aliphatic rings. The molecule has 20 heavy (non-hydrogen) atoms. The summed E-state index contributed by atoms with van der Waals surface area (Å²) in [6.07, 6.45) is 4.84. The fraction of sp³-hybridized carbons (Fsp3) is 0.176. The molecule has 0 atom stereocenters. The van der Waals surface area contributed by atoms with Gasteiger partial charge in [-0.2, -0.15) is 0 Å². The molecule has 0 fully saturated rings. The van der Waals surface area contributed by atoms with Crippen molar-refractivity contribution in [1.29, 1.82) is 0 Å². The van der Waals surface area contributed by atoms with Crippen molar-refractivity contribution in [2.75, 3.05) is 7.11 Å². The van der Waals surface area contributed by atoms with Crippen LogP contribution in [0.3, 0.4) is 0 Å². The summed E-state index contributed by atoms with van der Waals surface area (Å²) in [5.74, 6) is 0.976. The maximum Gasteiger partial charge on any atom is 0.121 e. The van der Waals surface area contributed by atoms with Crippen molar-refractivity contribution in [2.24, 2.45) is 0 Å². The number of rotatable bonds is 5. The maximum atomic E-state index is 9.49. The number of aliphatic hydroxyl groups excluding tert-OH is 1. The highest BCUT2D eigenvalue weighted by Gasteiger charge is 1.99. The van der Waals surface area contributed by atoms with Gasteiger partial charge in [0.2, 0.25) is 0 Å². The van der Waals surface area contributed by atoms with E-state index in [0.29, 0.717) is 5.56 Å².